The fourth-order valence-electron chi connectivity index (χ4n) is 3.12. The minimum atomic E-state index is -4.45. The number of halogens is 3. The van der Waals surface area contributed by atoms with Gasteiger partial charge in [0.05, 0.1) is 19.8 Å². The predicted molar refractivity (Wildman–Crippen MR) is 80.4 cm³/mol. The minimum Gasteiger partial charge on any atom is -0.395 e. The number of hydrogen-bond donors (Lipinski definition) is 1. The molecule has 0 unspecified atom stereocenters. The van der Waals surface area contributed by atoms with Crippen LogP contribution >= 0.6 is 0 Å². The molecule has 7 nitrogen and oxygen atoms in total. The molecule has 1 aromatic rings. The molecule has 3 heterocycles. The second-order valence-corrected chi connectivity index (χ2v) is 5.77. The lowest BCUT2D eigenvalue weighted by Gasteiger charge is -2.39. The van der Waals surface area contributed by atoms with Gasteiger partial charge in [0.15, 0.2) is 0 Å². The van der Waals surface area contributed by atoms with E-state index in [1.807, 2.05) is 4.90 Å². The number of aromatic nitrogens is 2. The Labute approximate surface area is 136 Å². The summed E-state index contributed by atoms with van der Waals surface area (Å²) in [6.07, 6.45) is -4.69. The number of alkyl halides is 3. The summed E-state index contributed by atoms with van der Waals surface area (Å²) < 4.78 is 46.4. The normalized spacial score (nSPS) is 21.8. The van der Waals surface area contributed by atoms with E-state index >= 15 is 0 Å². The van der Waals surface area contributed by atoms with Gasteiger partial charge in [-0.1, -0.05) is 0 Å². The van der Waals surface area contributed by atoms with Crippen LogP contribution in [0.15, 0.2) is 10.9 Å². The largest absolute Gasteiger partial charge is 0.408 e. The highest BCUT2D eigenvalue weighted by Crippen LogP contribution is 2.33. The number of hydrogen-bond acceptors (Lipinski definition) is 6. The lowest BCUT2D eigenvalue weighted by molar-refractivity contribution is -0.152. The summed E-state index contributed by atoms with van der Waals surface area (Å²) in [5, 5.41) is 9.16. The van der Waals surface area contributed by atoms with Crippen LogP contribution in [0.25, 0.3) is 0 Å². The van der Waals surface area contributed by atoms with Crippen LogP contribution in [0.3, 0.4) is 0 Å². The minimum absolute atomic E-state index is 0.0355. The Morgan fingerprint density at radius 3 is 2.62 bits per heavy atom. The van der Waals surface area contributed by atoms with Crippen molar-refractivity contribution in [3.05, 3.63) is 16.4 Å². The van der Waals surface area contributed by atoms with Crippen molar-refractivity contribution < 1.29 is 23.0 Å². The van der Waals surface area contributed by atoms with Gasteiger partial charge in [-0.2, -0.15) is 18.2 Å². The van der Waals surface area contributed by atoms with Crippen LogP contribution in [-0.2, 0) is 11.3 Å². The number of nitrogens with zero attached hydrogens (tertiary/aromatic N) is 4. The number of aliphatic hydroxyl groups excluding tert-OH is 1. The summed E-state index contributed by atoms with van der Waals surface area (Å²) in [6.45, 7) is 1.28. The standard InChI is InChI=1S/C14H19F3N4O3/c15-14(16,17)10-1-2-21-12(23)9-11(19-4-7-24-8-5-19)18-13(21)20(10)3-6-22/h9-10,22H,1-8H2/t10-/m0/s1. The third-order valence-corrected chi connectivity index (χ3v) is 4.29. The summed E-state index contributed by atoms with van der Waals surface area (Å²) in [5.74, 6) is 0.312. The van der Waals surface area contributed by atoms with E-state index in [9.17, 15) is 18.0 Å². The van der Waals surface area contributed by atoms with Crippen molar-refractivity contribution in [1.29, 1.82) is 0 Å². The van der Waals surface area contributed by atoms with Crippen LogP contribution in [0.4, 0.5) is 24.9 Å². The third kappa shape index (κ3) is 3.20. The molecular weight excluding hydrogens is 329 g/mol. The molecule has 0 amide bonds. The van der Waals surface area contributed by atoms with Crippen LogP contribution in [0, 0.1) is 0 Å². The lowest BCUT2D eigenvalue weighted by Crippen LogP contribution is -2.53. The van der Waals surface area contributed by atoms with Gasteiger partial charge >= 0.3 is 6.18 Å². The molecule has 0 bridgehead atoms. The van der Waals surface area contributed by atoms with Gasteiger partial charge in [0.25, 0.3) is 5.56 Å². The van der Waals surface area contributed by atoms with Crippen molar-refractivity contribution in [3.8, 4) is 0 Å². The highest BCUT2D eigenvalue weighted by Gasteiger charge is 2.46. The molecule has 2 aliphatic rings. The van der Waals surface area contributed by atoms with E-state index in [0.29, 0.717) is 32.1 Å². The zero-order chi connectivity index (χ0) is 17.3. The fourth-order valence-corrected chi connectivity index (χ4v) is 3.12. The SMILES string of the molecule is O=c1cc(N2CCOCC2)nc2n1CC[C@@H](C(F)(F)F)N2CCO. The van der Waals surface area contributed by atoms with Crippen molar-refractivity contribution in [2.75, 3.05) is 49.3 Å². The van der Waals surface area contributed by atoms with Gasteiger partial charge in [-0.05, 0) is 6.42 Å². The number of aliphatic hydroxyl groups is 1. The monoisotopic (exact) mass is 348 g/mol. The quantitative estimate of drug-likeness (QED) is 0.842. The molecule has 0 spiro atoms. The maximum atomic E-state index is 13.3. The molecule has 1 fully saturated rings. The average molecular weight is 348 g/mol. The van der Waals surface area contributed by atoms with E-state index in [0.717, 1.165) is 4.90 Å². The van der Waals surface area contributed by atoms with Gasteiger partial charge in [-0.3, -0.25) is 9.36 Å². The van der Waals surface area contributed by atoms with Gasteiger partial charge in [0.1, 0.15) is 11.9 Å². The molecule has 0 radical (unpaired) electrons. The van der Waals surface area contributed by atoms with E-state index in [-0.39, 0.29) is 31.0 Å². The van der Waals surface area contributed by atoms with E-state index in [1.165, 1.54) is 10.6 Å². The van der Waals surface area contributed by atoms with Crippen LogP contribution < -0.4 is 15.4 Å². The number of morpholine rings is 1. The second kappa shape index (κ2) is 6.60. The molecule has 2 aliphatic heterocycles. The Bertz CT molecular complexity index is 643. The first-order chi connectivity index (χ1) is 11.4. The predicted octanol–water partition coefficient (Wildman–Crippen LogP) is 0.213. The molecule has 1 aromatic heterocycles. The first kappa shape index (κ1) is 17.0. The van der Waals surface area contributed by atoms with Crippen LogP contribution in [0.1, 0.15) is 6.42 Å². The number of ether oxygens (including phenoxy) is 1. The van der Waals surface area contributed by atoms with Gasteiger partial charge in [0, 0.05) is 32.2 Å². The Morgan fingerprint density at radius 2 is 2.00 bits per heavy atom. The average Bonchev–Trinajstić information content (AvgIpc) is 2.55. The molecule has 0 aliphatic carbocycles. The Morgan fingerprint density at radius 1 is 1.29 bits per heavy atom. The number of fused-ring (bicyclic) bond motifs is 1. The zero-order valence-electron chi connectivity index (χ0n) is 13.0. The van der Waals surface area contributed by atoms with Crippen molar-refractivity contribution >= 4 is 11.8 Å². The summed E-state index contributed by atoms with van der Waals surface area (Å²) in [6, 6.07) is -0.406. The Balaban J connectivity index is 2.02. The van der Waals surface area contributed by atoms with E-state index in [1.54, 1.807) is 0 Å². The number of anilines is 2. The van der Waals surface area contributed by atoms with Crippen LogP contribution in [0.2, 0.25) is 0 Å². The highest BCUT2D eigenvalue weighted by atomic mass is 19.4. The summed E-state index contributed by atoms with van der Waals surface area (Å²) in [5.41, 5.74) is -0.384. The van der Waals surface area contributed by atoms with Crippen LogP contribution in [-0.4, -0.2) is 66.3 Å². The van der Waals surface area contributed by atoms with Crippen molar-refractivity contribution in [1.82, 2.24) is 9.55 Å². The highest BCUT2D eigenvalue weighted by molar-refractivity contribution is 5.46. The van der Waals surface area contributed by atoms with E-state index < -0.39 is 18.8 Å². The number of β-amino-alcohol motifs (C(OH)–C–C–N with tert-alkyl or cyclic N) is 1. The zero-order valence-corrected chi connectivity index (χ0v) is 13.0. The first-order valence-electron chi connectivity index (χ1n) is 7.80. The molecule has 134 valence electrons. The van der Waals surface area contributed by atoms with E-state index in [4.69, 9.17) is 9.84 Å². The second-order valence-electron chi connectivity index (χ2n) is 5.77. The smallest absolute Gasteiger partial charge is 0.395 e. The molecule has 24 heavy (non-hydrogen) atoms. The Hall–Kier alpha value is -1.81. The summed E-state index contributed by atoms with van der Waals surface area (Å²) >= 11 is 0. The van der Waals surface area contributed by atoms with E-state index in [2.05, 4.69) is 4.98 Å². The molecule has 0 aromatic carbocycles. The van der Waals surface area contributed by atoms with Gasteiger partial charge < -0.3 is 19.6 Å². The Kier molecular flexibility index (Phi) is 4.68. The molecule has 1 saturated heterocycles. The summed E-state index contributed by atoms with van der Waals surface area (Å²) in [7, 11) is 0. The third-order valence-electron chi connectivity index (χ3n) is 4.29. The first-order valence-corrected chi connectivity index (χ1v) is 7.80. The topological polar surface area (TPSA) is 70.8 Å². The number of rotatable bonds is 3. The van der Waals surface area contributed by atoms with Gasteiger partial charge in [-0.25, -0.2) is 0 Å². The fraction of sp³-hybridized carbons (Fsp3) is 0.714. The lowest BCUT2D eigenvalue weighted by atomic mass is 10.1. The van der Waals surface area contributed by atoms with Crippen molar-refractivity contribution in [2.45, 2.75) is 25.2 Å². The molecule has 3 rings (SSSR count). The molecule has 1 N–H and O–H groups in total. The maximum Gasteiger partial charge on any atom is 0.408 e. The van der Waals surface area contributed by atoms with Crippen molar-refractivity contribution in [3.63, 3.8) is 0 Å². The van der Waals surface area contributed by atoms with Gasteiger partial charge in [-0.15, -0.1) is 0 Å². The van der Waals surface area contributed by atoms with Crippen molar-refractivity contribution in [2.24, 2.45) is 0 Å². The molecule has 10 heteroatoms. The maximum absolute atomic E-state index is 13.3. The summed E-state index contributed by atoms with van der Waals surface area (Å²) in [4.78, 5) is 19.4. The van der Waals surface area contributed by atoms with Crippen LogP contribution in [0.5, 0.6) is 0 Å². The van der Waals surface area contributed by atoms with Gasteiger partial charge in [0.2, 0.25) is 5.95 Å². The molecular formula is C14H19F3N4O3. The molecule has 0 saturated carbocycles. The molecule has 1 atom stereocenters.